The summed E-state index contributed by atoms with van der Waals surface area (Å²) >= 11 is 0. The van der Waals surface area contributed by atoms with Gasteiger partial charge in [-0.15, -0.1) is 0 Å². The Labute approximate surface area is 171 Å². The van der Waals surface area contributed by atoms with Gasteiger partial charge in [0.1, 0.15) is 23.0 Å². The van der Waals surface area contributed by atoms with E-state index >= 15 is 0 Å². The highest BCUT2D eigenvalue weighted by atomic mass is 16.5. The van der Waals surface area contributed by atoms with Gasteiger partial charge in [0.25, 0.3) is 5.91 Å². The van der Waals surface area contributed by atoms with Gasteiger partial charge in [0.05, 0.1) is 12.7 Å². The maximum absolute atomic E-state index is 12.8. The third-order valence-electron chi connectivity index (χ3n) is 4.92. The number of phenolic OH excluding ortho intramolecular Hbond substituents is 1. The molecule has 0 spiro atoms. The van der Waals surface area contributed by atoms with Gasteiger partial charge in [-0.2, -0.15) is 0 Å². The third-order valence-corrected chi connectivity index (χ3v) is 4.92. The highest BCUT2D eigenvalue weighted by molar-refractivity contribution is 6.10. The summed E-state index contributed by atoms with van der Waals surface area (Å²) in [6.07, 6.45) is 7.04. The summed E-state index contributed by atoms with van der Waals surface area (Å²) in [5.41, 5.74) is 2.59. The van der Waals surface area contributed by atoms with Crippen molar-refractivity contribution in [2.24, 2.45) is 0 Å². The number of carbonyl (C=O) groups excluding carboxylic acids is 1. The van der Waals surface area contributed by atoms with Gasteiger partial charge in [-0.05, 0) is 42.7 Å². The second-order valence-electron chi connectivity index (χ2n) is 7.10. The monoisotopic (exact) mass is 393 g/mol. The van der Waals surface area contributed by atoms with E-state index in [1.54, 1.807) is 37.5 Å². The fourth-order valence-electron chi connectivity index (χ4n) is 3.29. The first kappa shape index (κ1) is 20.5. The molecule has 152 valence electrons. The molecule has 0 aromatic heterocycles. The zero-order valence-corrected chi connectivity index (χ0v) is 17.0. The minimum atomic E-state index is -0.313. The number of amides is 1. The van der Waals surface area contributed by atoms with Crippen LogP contribution in [0.3, 0.4) is 0 Å². The molecule has 0 bridgehead atoms. The van der Waals surface area contributed by atoms with Crippen LogP contribution in [0.4, 0.5) is 5.69 Å². The Kier molecular flexibility index (Phi) is 6.60. The number of benzene rings is 2. The molecule has 5 nitrogen and oxygen atoms in total. The van der Waals surface area contributed by atoms with Crippen LogP contribution in [0.1, 0.15) is 43.7 Å². The van der Waals surface area contributed by atoms with Gasteiger partial charge >= 0.3 is 0 Å². The van der Waals surface area contributed by atoms with E-state index in [4.69, 9.17) is 9.47 Å². The lowest BCUT2D eigenvalue weighted by molar-refractivity contribution is -0.112. The lowest BCUT2D eigenvalue weighted by Crippen LogP contribution is -2.19. The highest BCUT2D eigenvalue weighted by Crippen LogP contribution is 2.37. The van der Waals surface area contributed by atoms with Gasteiger partial charge < -0.3 is 19.9 Å². The molecule has 0 saturated carbocycles. The minimum absolute atomic E-state index is 0.214. The lowest BCUT2D eigenvalue weighted by Gasteiger charge is -2.21. The number of hydrogen-bond acceptors (Lipinski definition) is 4. The first-order chi connectivity index (χ1) is 14.0. The number of aromatic hydroxyl groups is 1. The molecule has 1 heterocycles. The SMILES string of the molecule is C=C1Oc2cc(O)c(CCCCCC)cc2C=C1C(=O)Nc1cccc(OC)c1. The second kappa shape index (κ2) is 9.32. The van der Waals surface area contributed by atoms with Gasteiger partial charge in [-0.1, -0.05) is 38.8 Å². The second-order valence-corrected chi connectivity index (χ2v) is 7.10. The fraction of sp³-hybridized carbons (Fsp3) is 0.292. The average Bonchev–Trinajstić information content (AvgIpc) is 2.71. The Balaban J connectivity index is 1.80. The first-order valence-electron chi connectivity index (χ1n) is 9.92. The van der Waals surface area contributed by atoms with E-state index in [1.165, 1.54) is 12.8 Å². The number of phenols is 1. The van der Waals surface area contributed by atoms with Crippen LogP contribution in [-0.2, 0) is 11.2 Å². The smallest absolute Gasteiger partial charge is 0.259 e. The van der Waals surface area contributed by atoms with Crippen LogP contribution >= 0.6 is 0 Å². The Morgan fingerprint density at radius 3 is 2.79 bits per heavy atom. The molecule has 2 aromatic rings. The maximum atomic E-state index is 12.8. The lowest BCUT2D eigenvalue weighted by atomic mass is 9.98. The minimum Gasteiger partial charge on any atom is -0.508 e. The summed E-state index contributed by atoms with van der Waals surface area (Å²) in [7, 11) is 1.58. The molecule has 0 fully saturated rings. The largest absolute Gasteiger partial charge is 0.508 e. The molecular weight excluding hydrogens is 366 g/mol. The normalized spacial score (nSPS) is 12.6. The van der Waals surface area contributed by atoms with Crippen LogP contribution < -0.4 is 14.8 Å². The molecule has 0 aliphatic carbocycles. The quantitative estimate of drug-likeness (QED) is 0.585. The van der Waals surface area contributed by atoms with Crippen molar-refractivity contribution >= 4 is 17.7 Å². The topological polar surface area (TPSA) is 67.8 Å². The summed E-state index contributed by atoms with van der Waals surface area (Å²) in [4.78, 5) is 12.8. The molecule has 5 heteroatoms. The van der Waals surface area contributed by atoms with Crippen LogP contribution in [0.5, 0.6) is 17.2 Å². The number of rotatable bonds is 8. The molecule has 1 amide bonds. The van der Waals surface area contributed by atoms with Gasteiger partial charge in [0.15, 0.2) is 0 Å². The molecule has 0 atom stereocenters. The summed E-state index contributed by atoms with van der Waals surface area (Å²) in [6.45, 7) is 6.03. The maximum Gasteiger partial charge on any atom is 0.259 e. The van der Waals surface area contributed by atoms with Gasteiger partial charge in [0, 0.05) is 23.4 Å². The van der Waals surface area contributed by atoms with Crippen molar-refractivity contribution in [1.82, 2.24) is 0 Å². The van der Waals surface area contributed by atoms with Crippen molar-refractivity contribution in [3.63, 3.8) is 0 Å². The van der Waals surface area contributed by atoms with E-state index in [9.17, 15) is 9.90 Å². The molecule has 1 aliphatic heterocycles. The van der Waals surface area contributed by atoms with Crippen LogP contribution in [0.25, 0.3) is 6.08 Å². The van der Waals surface area contributed by atoms with Crippen molar-refractivity contribution in [3.05, 3.63) is 65.4 Å². The molecule has 2 N–H and O–H groups in total. The third kappa shape index (κ3) is 4.99. The van der Waals surface area contributed by atoms with E-state index < -0.39 is 0 Å². The molecule has 3 rings (SSSR count). The number of unbranched alkanes of at least 4 members (excludes halogenated alkanes) is 3. The van der Waals surface area contributed by atoms with Gasteiger partial charge in [0.2, 0.25) is 0 Å². The zero-order chi connectivity index (χ0) is 20.8. The van der Waals surface area contributed by atoms with Crippen molar-refractivity contribution in [2.75, 3.05) is 12.4 Å². The Bertz CT molecular complexity index is 946. The number of carbonyl (C=O) groups is 1. The number of ether oxygens (including phenoxy) is 2. The Hall–Kier alpha value is -3.21. The number of aryl methyl sites for hydroxylation is 1. The van der Waals surface area contributed by atoms with Crippen molar-refractivity contribution in [2.45, 2.75) is 39.0 Å². The number of nitrogens with one attached hydrogen (secondary N) is 1. The summed E-state index contributed by atoms with van der Waals surface area (Å²) in [5, 5.41) is 13.2. The van der Waals surface area contributed by atoms with E-state index in [-0.39, 0.29) is 17.4 Å². The highest BCUT2D eigenvalue weighted by Gasteiger charge is 2.23. The number of methoxy groups -OCH3 is 1. The van der Waals surface area contributed by atoms with E-state index in [2.05, 4.69) is 18.8 Å². The molecule has 0 saturated heterocycles. The number of anilines is 1. The average molecular weight is 393 g/mol. The summed E-state index contributed by atoms with van der Waals surface area (Å²) < 4.78 is 10.9. The molecule has 29 heavy (non-hydrogen) atoms. The fourth-order valence-corrected chi connectivity index (χ4v) is 3.29. The summed E-state index contributed by atoms with van der Waals surface area (Å²) in [5.74, 6) is 1.30. The molecule has 1 aliphatic rings. The Morgan fingerprint density at radius 2 is 2.03 bits per heavy atom. The van der Waals surface area contributed by atoms with Crippen LogP contribution in [0.15, 0.2) is 54.3 Å². The number of hydrogen-bond donors (Lipinski definition) is 2. The van der Waals surface area contributed by atoms with Crippen molar-refractivity contribution in [1.29, 1.82) is 0 Å². The summed E-state index contributed by atoms with van der Waals surface area (Å²) in [6, 6.07) is 10.6. The van der Waals surface area contributed by atoms with Crippen molar-refractivity contribution in [3.8, 4) is 17.2 Å². The van der Waals surface area contributed by atoms with Crippen LogP contribution in [0, 0.1) is 0 Å². The van der Waals surface area contributed by atoms with Gasteiger partial charge in [-0.25, -0.2) is 0 Å². The van der Waals surface area contributed by atoms with Gasteiger partial charge in [-0.3, -0.25) is 4.79 Å². The van der Waals surface area contributed by atoms with Crippen molar-refractivity contribution < 1.29 is 19.4 Å². The van der Waals surface area contributed by atoms with Crippen LogP contribution in [-0.4, -0.2) is 18.1 Å². The zero-order valence-electron chi connectivity index (χ0n) is 17.0. The molecular formula is C24H27NO4. The van der Waals surface area contributed by atoms with E-state index in [0.29, 0.717) is 22.8 Å². The predicted molar refractivity (Wildman–Crippen MR) is 115 cm³/mol. The standard InChI is InChI=1S/C24H27NO4/c1-4-5-6-7-9-17-12-18-13-21(16(2)29-23(18)15-22(17)26)24(27)25-19-10-8-11-20(14-19)28-3/h8,10-15,26H,2,4-7,9H2,1,3H3,(H,25,27). The molecule has 2 aromatic carbocycles. The first-order valence-corrected chi connectivity index (χ1v) is 9.92. The Morgan fingerprint density at radius 1 is 1.21 bits per heavy atom. The number of fused-ring (bicyclic) bond motifs is 1. The van der Waals surface area contributed by atoms with E-state index in [0.717, 1.165) is 30.4 Å². The molecule has 0 radical (unpaired) electrons. The van der Waals surface area contributed by atoms with Crippen LogP contribution in [0.2, 0.25) is 0 Å². The van der Waals surface area contributed by atoms with E-state index in [1.807, 2.05) is 12.1 Å². The predicted octanol–water partition coefficient (Wildman–Crippen LogP) is 5.45. The molecule has 0 unspecified atom stereocenters.